The Hall–Kier alpha value is -4.40. The molecule has 4 fully saturated rings. The van der Waals surface area contributed by atoms with E-state index in [9.17, 15) is 27.6 Å². The second-order valence-electron chi connectivity index (χ2n) is 15.0. The molecule has 4 aliphatic rings. The molecule has 4 amide bonds. The average Bonchev–Trinajstić information content (AvgIpc) is 3.95. The van der Waals surface area contributed by atoms with Crippen molar-refractivity contribution in [2.45, 2.75) is 107 Å². The summed E-state index contributed by atoms with van der Waals surface area (Å²) in [5, 5.41) is 6.49. The third-order valence-corrected chi connectivity index (χ3v) is 11.9. The zero-order chi connectivity index (χ0) is 36.7. The number of alkyl carbamates (subject to hydrolysis) is 1. The van der Waals surface area contributed by atoms with Gasteiger partial charge >= 0.3 is 6.09 Å². The van der Waals surface area contributed by atoms with E-state index in [-0.39, 0.29) is 25.3 Å². The van der Waals surface area contributed by atoms with Gasteiger partial charge in [0.05, 0.1) is 18.9 Å². The predicted molar refractivity (Wildman–Crippen MR) is 187 cm³/mol. The Morgan fingerprint density at radius 3 is 2.45 bits per heavy atom. The van der Waals surface area contributed by atoms with E-state index in [0.717, 1.165) is 18.2 Å². The quantitative estimate of drug-likeness (QED) is 0.275. The molecule has 15 heteroatoms. The van der Waals surface area contributed by atoms with Crippen LogP contribution in [0.5, 0.6) is 11.6 Å². The van der Waals surface area contributed by atoms with E-state index in [1.54, 1.807) is 40.1 Å². The summed E-state index contributed by atoms with van der Waals surface area (Å²) in [5.41, 5.74) is -2.34. The van der Waals surface area contributed by atoms with Gasteiger partial charge in [-0.15, -0.1) is 6.58 Å². The van der Waals surface area contributed by atoms with Crippen LogP contribution in [0.25, 0.3) is 10.8 Å². The Morgan fingerprint density at radius 1 is 1.10 bits per heavy atom. The monoisotopic (exact) mass is 725 g/mol. The summed E-state index contributed by atoms with van der Waals surface area (Å²) in [7, 11) is -2.31. The fourth-order valence-corrected chi connectivity index (χ4v) is 8.55. The molecule has 14 nitrogen and oxygen atoms in total. The van der Waals surface area contributed by atoms with Gasteiger partial charge in [0.25, 0.3) is 5.91 Å². The summed E-state index contributed by atoms with van der Waals surface area (Å²) in [4.78, 5) is 61.1. The Balaban J connectivity index is 1.29. The van der Waals surface area contributed by atoms with Crippen LogP contribution in [0.2, 0.25) is 0 Å². The van der Waals surface area contributed by atoms with E-state index >= 15 is 0 Å². The molecule has 3 saturated carbocycles. The van der Waals surface area contributed by atoms with Gasteiger partial charge in [-0.2, -0.15) is 0 Å². The predicted octanol–water partition coefficient (Wildman–Crippen LogP) is 3.34. The lowest BCUT2D eigenvalue weighted by atomic mass is 9.96. The molecular formula is C36H47N5O9S. The maximum Gasteiger partial charge on any atom is 0.408 e. The third kappa shape index (κ3) is 7.92. The van der Waals surface area contributed by atoms with E-state index in [1.165, 1.54) is 11.0 Å². The molecule has 3 N–H and O–H groups in total. The zero-order valence-corrected chi connectivity index (χ0v) is 30.3. The SMILES string of the molecule is C=C[C@@H]1C[C@]1(NC(=O)[C@@H]1C[C@@H](Oc2nccc3cc(OC)ccc23)CN1C(=O)[C@@H](NC(=O)OC(C)(C)C)C1CCCC1)C(=O)NS(=O)(=O)C1CC1. The number of hydrogen-bond donors (Lipinski definition) is 3. The molecule has 0 radical (unpaired) electrons. The number of ether oxygens (including phenoxy) is 3. The molecule has 5 atom stereocenters. The highest BCUT2D eigenvalue weighted by Gasteiger charge is 2.62. The number of nitrogens with zero attached hydrogens (tertiary/aromatic N) is 2. The van der Waals surface area contributed by atoms with Crippen molar-refractivity contribution < 1.29 is 41.8 Å². The van der Waals surface area contributed by atoms with Crippen molar-refractivity contribution >= 4 is 44.6 Å². The van der Waals surface area contributed by atoms with Gasteiger partial charge in [-0.3, -0.25) is 19.1 Å². The van der Waals surface area contributed by atoms with Gasteiger partial charge in [-0.1, -0.05) is 18.9 Å². The van der Waals surface area contributed by atoms with Crippen molar-refractivity contribution in [1.82, 2.24) is 25.2 Å². The maximum absolute atomic E-state index is 14.6. The van der Waals surface area contributed by atoms with Gasteiger partial charge in [-0.05, 0) is 88.4 Å². The van der Waals surface area contributed by atoms with E-state index < -0.39 is 74.3 Å². The van der Waals surface area contributed by atoms with Gasteiger partial charge in [0.2, 0.25) is 27.7 Å². The fourth-order valence-electron chi connectivity index (χ4n) is 7.19. The lowest BCUT2D eigenvalue weighted by Gasteiger charge is -2.32. The van der Waals surface area contributed by atoms with Gasteiger partial charge in [0.15, 0.2) is 0 Å². The van der Waals surface area contributed by atoms with Crippen LogP contribution in [-0.2, 0) is 29.1 Å². The molecule has 2 aromatic rings. The lowest BCUT2D eigenvalue weighted by molar-refractivity contribution is -0.142. The van der Waals surface area contributed by atoms with Crippen molar-refractivity contribution in [3.05, 3.63) is 43.1 Å². The smallest absolute Gasteiger partial charge is 0.408 e. The van der Waals surface area contributed by atoms with Crippen molar-refractivity contribution in [1.29, 1.82) is 0 Å². The molecule has 3 aliphatic carbocycles. The molecule has 0 unspecified atom stereocenters. The first-order valence-electron chi connectivity index (χ1n) is 17.5. The van der Waals surface area contributed by atoms with Crippen molar-refractivity contribution in [3.63, 3.8) is 0 Å². The van der Waals surface area contributed by atoms with Crippen LogP contribution in [0, 0.1) is 11.8 Å². The Morgan fingerprint density at radius 2 is 1.82 bits per heavy atom. The number of rotatable bonds is 12. The minimum absolute atomic E-state index is 0.00942. The number of likely N-dealkylation sites (tertiary alicyclic amines) is 1. The third-order valence-electron chi connectivity index (χ3n) is 10.1. The maximum atomic E-state index is 14.6. The topological polar surface area (TPSA) is 182 Å². The number of amides is 4. The first kappa shape index (κ1) is 36.4. The van der Waals surface area contributed by atoms with Gasteiger partial charge in [0, 0.05) is 23.9 Å². The van der Waals surface area contributed by atoms with Gasteiger partial charge < -0.3 is 29.7 Å². The fraction of sp³-hybridized carbons (Fsp3) is 0.583. The van der Waals surface area contributed by atoms with Crippen LogP contribution in [0.1, 0.15) is 72.1 Å². The second-order valence-corrected chi connectivity index (χ2v) is 17.0. The van der Waals surface area contributed by atoms with Crippen LogP contribution >= 0.6 is 0 Å². The number of fused-ring (bicyclic) bond motifs is 1. The van der Waals surface area contributed by atoms with Crippen LogP contribution in [0.4, 0.5) is 4.79 Å². The molecule has 51 heavy (non-hydrogen) atoms. The molecule has 1 aromatic heterocycles. The van der Waals surface area contributed by atoms with Gasteiger partial charge in [0.1, 0.15) is 35.1 Å². The summed E-state index contributed by atoms with van der Waals surface area (Å²) in [6.07, 6.45) is 6.01. The summed E-state index contributed by atoms with van der Waals surface area (Å²) < 4.78 is 44.8. The number of carbonyl (C=O) groups is 4. The van der Waals surface area contributed by atoms with Crippen LogP contribution < -0.4 is 24.8 Å². The molecule has 1 aliphatic heterocycles. The van der Waals surface area contributed by atoms with Gasteiger partial charge in [-0.25, -0.2) is 18.2 Å². The van der Waals surface area contributed by atoms with Crippen LogP contribution in [0.15, 0.2) is 43.1 Å². The molecule has 0 spiro atoms. The standard InChI is InChI=1S/C36H47N5O9S/c1-6-23-19-36(23,33(44)40-51(46,47)26-12-13-26)39-30(42)28-18-25(49-31-27-14-11-24(48-5)17-22(27)15-16-37-31)20-41(28)32(43)29(21-9-7-8-10-21)38-34(45)50-35(2,3)4/h6,11,14-17,21,23,25-26,28-29H,1,7-10,12-13,18-20H2,2-5H3,(H,38,45)(H,39,42)(H,40,44)/t23-,25-,28+,29+,36-/m1/s1. The summed E-state index contributed by atoms with van der Waals surface area (Å²) in [6.45, 7) is 8.96. The Bertz CT molecular complexity index is 1820. The number of sulfonamides is 1. The molecule has 2 heterocycles. The highest BCUT2D eigenvalue weighted by Crippen LogP contribution is 2.45. The molecule has 276 valence electrons. The highest BCUT2D eigenvalue weighted by atomic mass is 32.2. The van der Waals surface area contributed by atoms with Crippen molar-refractivity contribution in [2.75, 3.05) is 13.7 Å². The molecule has 6 rings (SSSR count). The summed E-state index contributed by atoms with van der Waals surface area (Å²) in [6, 6.07) is 5.18. The van der Waals surface area contributed by atoms with Crippen molar-refractivity contribution in [3.8, 4) is 11.6 Å². The largest absolute Gasteiger partial charge is 0.497 e. The summed E-state index contributed by atoms with van der Waals surface area (Å²) >= 11 is 0. The number of carbonyl (C=O) groups excluding carboxylic acids is 4. The number of aromatic nitrogens is 1. The van der Waals surface area contributed by atoms with Crippen LogP contribution in [-0.4, -0.2) is 90.3 Å². The van der Waals surface area contributed by atoms with E-state index in [2.05, 4.69) is 26.9 Å². The Kier molecular flexibility index (Phi) is 9.96. The number of methoxy groups -OCH3 is 1. The normalized spacial score (nSPS) is 25.5. The highest BCUT2D eigenvalue weighted by molar-refractivity contribution is 7.91. The van der Waals surface area contributed by atoms with E-state index in [0.29, 0.717) is 42.7 Å². The molecule has 1 saturated heterocycles. The average molecular weight is 726 g/mol. The minimum atomic E-state index is -3.89. The first-order chi connectivity index (χ1) is 24.1. The Labute approximate surface area is 298 Å². The van der Waals surface area contributed by atoms with Crippen molar-refractivity contribution in [2.24, 2.45) is 11.8 Å². The lowest BCUT2D eigenvalue weighted by Crippen LogP contribution is -2.59. The first-order valence-corrected chi connectivity index (χ1v) is 19.1. The zero-order valence-electron chi connectivity index (χ0n) is 29.5. The molecular weight excluding hydrogens is 678 g/mol. The molecule has 1 aromatic carbocycles. The molecule has 0 bridgehead atoms. The number of nitrogens with one attached hydrogen (secondary N) is 3. The number of hydrogen-bond acceptors (Lipinski definition) is 10. The number of benzene rings is 1. The summed E-state index contributed by atoms with van der Waals surface area (Å²) in [5.74, 6) is -1.67. The minimum Gasteiger partial charge on any atom is -0.497 e. The second kappa shape index (κ2) is 14.0. The van der Waals surface area contributed by atoms with E-state index in [4.69, 9.17) is 14.2 Å². The van der Waals surface area contributed by atoms with Crippen LogP contribution in [0.3, 0.4) is 0 Å². The van der Waals surface area contributed by atoms with E-state index in [1.807, 2.05) is 18.2 Å². The number of pyridine rings is 1.